The number of nitrogens with zero attached hydrogens (tertiary/aromatic N) is 2. The molecule has 1 aliphatic carbocycles. The van der Waals surface area contributed by atoms with Crippen LogP contribution in [0.4, 0.5) is 18.9 Å². The average molecular weight is 382 g/mol. The predicted molar refractivity (Wildman–Crippen MR) is 103 cm³/mol. The number of anilines is 1. The molecule has 0 amide bonds. The smallest absolute Gasteiger partial charge is 0.370 e. The molecule has 0 bridgehead atoms. The summed E-state index contributed by atoms with van der Waals surface area (Å²) in [4.78, 5) is 6.71. The van der Waals surface area contributed by atoms with Gasteiger partial charge in [0.2, 0.25) is 0 Å². The van der Waals surface area contributed by atoms with Gasteiger partial charge in [-0.3, -0.25) is 0 Å². The summed E-state index contributed by atoms with van der Waals surface area (Å²) >= 11 is 0. The quantitative estimate of drug-likeness (QED) is 0.602. The number of guanidine groups is 1. The van der Waals surface area contributed by atoms with Crippen molar-refractivity contribution in [2.45, 2.75) is 63.7 Å². The topological polar surface area (TPSA) is 53.6 Å². The minimum Gasteiger partial charge on any atom is -0.370 e. The first-order chi connectivity index (χ1) is 12.7. The summed E-state index contributed by atoms with van der Waals surface area (Å²) < 4.78 is 38.3. The second-order valence-electron chi connectivity index (χ2n) is 8.05. The van der Waals surface area contributed by atoms with Gasteiger partial charge in [0.15, 0.2) is 5.96 Å². The molecule has 3 rings (SSSR count). The molecule has 27 heavy (non-hydrogen) atoms. The van der Waals surface area contributed by atoms with Gasteiger partial charge >= 0.3 is 6.18 Å². The van der Waals surface area contributed by atoms with Crippen LogP contribution in [0.5, 0.6) is 0 Å². The lowest BCUT2D eigenvalue weighted by Gasteiger charge is -2.44. The van der Waals surface area contributed by atoms with Gasteiger partial charge in [0, 0.05) is 11.7 Å². The van der Waals surface area contributed by atoms with Crippen LogP contribution < -0.4 is 11.1 Å². The summed E-state index contributed by atoms with van der Waals surface area (Å²) in [6.45, 7) is 5.34. The van der Waals surface area contributed by atoms with Crippen molar-refractivity contribution >= 4 is 11.6 Å². The molecule has 1 saturated carbocycles. The van der Waals surface area contributed by atoms with Gasteiger partial charge < -0.3 is 16.0 Å². The van der Waals surface area contributed by atoms with Crippen LogP contribution in [-0.2, 0) is 0 Å². The van der Waals surface area contributed by atoms with Crippen molar-refractivity contribution in [2.24, 2.45) is 16.6 Å². The molecular weight excluding hydrogens is 353 g/mol. The molecule has 0 unspecified atom stereocenters. The van der Waals surface area contributed by atoms with Gasteiger partial charge in [-0.2, -0.15) is 13.2 Å². The molecule has 1 aromatic carbocycles. The molecule has 1 heterocycles. The van der Waals surface area contributed by atoms with Crippen LogP contribution in [0.3, 0.4) is 0 Å². The Bertz CT molecular complexity index is 657. The predicted octanol–water partition coefficient (Wildman–Crippen LogP) is 4.34. The normalized spacial score (nSPS) is 25.5. The lowest BCUT2D eigenvalue weighted by molar-refractivity contribution is -0.187. The highest BCUT2D eigenvalue weighted by molar-refractivity contribution is 5.92. The highest BCUT2D eigenvalue weighted by Gasteiger charge is 2.43. The van der Waals surface area contributed by atoms with E-state index in [0.717, 1.165) is 18.5 Å². The first kappa shape index (κ1) is 20.0. The van der Waals surface area contributed by atoms with E-state index in [1.54, 1.807) is 0 Å². The lowest BCUT2D eigenvalue weighted by Crippen LogP contribution is -2.51. The second kappa shape index (κ2) is 8.09. The Labute approximate surface area is 159 Å². The minimum atomic E-state index is -4.05. The summed E-state index contributed by atoms with van der Waals surface area (Å²) in [7, 11) is 0. The summed E-state index contributed by atoms with van der Waals surface area (Å²) in [6.07, 6.45) is -1.89. The minimum absolute atomic E-state index is 0.149. The SMILES string of the molecule is CC(C)c1cccc(NC(N)=NC2CC(N3CCC(C(F)(F)F)CC3)C2)c1. The number of piperidine rings is 1. The molecule has 1 aliphatic heterocycles. The van der Waals surface area contributed by atoms with Crippen LogP contribution in [0.2, 0.25) is 0 Å². The van der Waals surface area contributed by atoms with Gasteiger partial charge in [-0.15, -0.1) is 0 Å². The molecule has 7 heteroatoms. The Morgan fingerprint density at radius 1 is 1.22 bits per heavy atom. The maximum atomic E-state index is 12.8. The Morgan fingerprint density at radius 3 is 2.48 bits per heavy atom. The fourth-order valence-corrected chi connectivity index (χ4v) is 3.91. The Morgan fingerprint density at radius 2 is 1.89 bits per heavy atom. The highest BCUT2D eigenvalue weighted by atomic mass is 19.4. The maximum absolute atomic E-state index is 12.8. The fraction of sp³-hybridized carbons (Fsp3) is 0.650. The largest absolute Gasteiger partial charge is 0.391 e. The van der Waals surface area contributed by atoms with E-state index >= 15 is 0 Å². The first-order valence-corrected chi connectivity index (χ1v) is 9.73. The van der Waals surface area contributed by atoms with Crippen molar-refractivity contribution in [3.05, 3.63) is 29.8 Å². The van der Waals surface area contributed by atoms with E-state index in [4.69, 9.17) is 5.73 Å². The summed E-state index contributed by atoms with van der Waals surface area (Å²) in [5.41, 5.74) is 8.19. The van der Waals surface area contributed by atoms with E-state index in [1.165, 1.54) is 5.56 Å². The maximum Gasteiger partial charge on any atom is 0.391 e. The summed E-state index contributed by atoms with van der Waals surface area (Å²) in [6, 6.07) is 8.60. The van der Waals surface area contributed by atoms with Crippen LogP contribution >= 0.6 is 0 Å². The summed E-state index contributed by atoms with van der Waals surface area (Å²) in [5.74, 6) is -0.294. The van der Waals surface area contributed by atoms with Crippen LogP contribution in [0.1, 0.15) is 51.0 Å². The molecule has 1 saturated heterocycles. The number of likely N-dealkylation sites (tertiary alicyclic amines) is 1. The van der Waals surface area contributed by atoms with E-state index in [1.807, 2.05) is 12.1 Å². The molecule has 2 aliphatic rings. The third kappa shape index (κ3) is 5.15. The molecule has 150 valence electrons. The zero-order valence-electron chi connectivity index (χ0n) is 16.0. The molecule has 4 nitrogen and oxygen atoms in total. The van der Waals surface area contributed by atoms with E-state index in [0.29, 0.717) is 31.0 Å². The monoisotopic (exact) mass is 382 g/mol. The molecule has 3 N–H and O–H groups in total. The zero-order valence-corrected chi connectivity index (χ0v) is 16.0. The third-order valence-electron chi connectivity index (χ3n) is 5.74. The van der Waals surface area contributed by atoms with Crippen LogP contribution in [-0.4, -0.2) is 42.2 Å². The molecule has 0 atom stereocenters. The van der Waals surface area contributed by atoms with E-state index in [-0.39, 0.29) is 18.9 Å². The number of alkyl halides is 3. The van der Waals surface area contributed by atoms with Gasteiger partial charge in [0.05, 0.1) is 12.0 Å². The van der Waals surface area contributed by atoms with Crippen molar-refractivity contribution in [2.75, 3.05) is 18.4 Å². The molecule has 1 aromatic rings. The number of aliphatic imine (C=N–C) groups is 1. The van der Waals surface area contributed by atoms with E-state index < -0.39 is 12.1 Å². The van der Waals surface area contributed by atoms with Crippen LogP contribution in [0.25, 0.3) is 0 Å². The van der Waals surface area contributed by atoms with Crippen molar-refractivity contribution in [3.63, 3.8) is 0 Å². The fourth-order valence-electron chi connectivity index (χ4n) is 3.91. The standard InChI is InChI=1S/C20H29F3N4/c1-13(2)14-4-3-5-16(10-14)25-19(24)26-17-11-18(12-17)27-8-6-15(7-9-27)20(21,22)23/h3-5,10,13,15,17-18H,6-9,11-12H2,1-2H3,(H3,24,25,26). The highest BCUT2D eigenvalue weighted by Crippen LogP contribution is 2.37. The lowest BCUT2D eigenvalue weighted by atomic mass is 9.83. The molecular formula is C20H29F3N4. The zero-order chi connectivity index (χ0) is 19.6. The number of rotatable bonds is 4. The first-order valence-electron chi connectivity index (χ1n) is 9.73. The number of hydrogen-bond acceptors (Lipinski definition) is 2. The van der Waals surface area contributed by atoms with E-state index in [9.17, 15) is 13.2 Å². The van der Waals surface area contributed by atoms with Gasteiger partial charge in [0.25, 0.3) is 0 Å². The Kier molecular flexibility index (Phi) is 5.99. The van der Waals surface area contributed by atoms with Crippen molar-refractivity contribution in [1.82, 2.24) is 4.90 Å². The Balaban J connectivity index is 1.45. The number of nitrogens with two attached hydrogens (primary N) is 1. The second-order valence-corrected chi connectivity index (χ2v) is 8.05. The number of benzene rings is 1. The number of halogens is 3. The third-order valence-corrected chi connectivity index (χ3v) is 5.74. The molecule has 0 spiro atoms. The number of hydrogen-bond donors (Lipinski definition) is 2. The molecule has 2 fully saturated rings. The molecule has 0 radical (unpaired) electrons. The molecule has 0 aromatic heterocycles. The summed E-state index contributed by atoms with van der Waals surface area (Å²) in [5, 5.41) is 3.14. The van der Waals surface area contributed by atoms with Gasteiger partial charge in [0.1, 0.15) is 0 Å². The van der Waals surface area contributed by atoms with Crippen LogP contribution in [0, 0.1) is 5.92 Å². The van der Waals surface area contributed by atoms with E-state index in [2.05, 4.69) is 41.2 Å². The van der Waals surface area contributed by atoms with Crippen molar-refractivity contribution in [1.29, 1.82) is 0 Å². The van der Waals surface area contributed by atoms with Gasteiger partial charge in [-0.1, -0.05) is 26.0 Å². The van der Waals surface area contributed by atoms with Crippen LogP contribution in [0.15, 0.2) is 29.3 Å². The van der Waals surface area contributed by atoms with Gasteiger partial charge in [-0.25, -0.2) is 4.99 Å². The number of nitrogens with one attached hydrogen (secondary N) is 1. The van der Waals surface area contributed by atoms with Crippen molar-refractivity contribution in [3.8, 4) is 0 Å². The Hall–Kier alpha value is -1.76. The van der Waals surface area contributed by atoms with Gasteiger partial charge in [-0.05, 0) is 62.4 Å². The average Bonchev–Trinajstić information content (AvgIpc) is 2.57. The van der Waals surface area contributed by atoms with Crippen molar-refractivity contribution < 1.29 is 13.2 Å².